The lowest BCUT2D eigenvalue weighted by molar-refractivity contribution is -0.122. The molecule has 1 aliphatic rings. The number of urea groups is 1. The highest BCUT2D eigenvalue weighted by Crippen LogP contribution is 2.21. The third-order valence-corrected chi connectivity index (χ3v) is 4.68. The van der Waals surface area contributed by atoms with Crippen molar-refractivity contribution in [1.82, 2.24) is 5.32 Å². The van der Waals surface area contributed by atoms with Crippen LogP contribution in [0.1, 0.15) is 19.3 Å². The summed E-state index contributed by atoms with van der Waals surface area (Å²) in [5.41, 5.74) is 1.97. The molecule has 8 heteroatoms. The Kier molecular flexibility index (Phi) is 7.00. The van der Waals surface area contributed by atoms with E-state index in [1.54, 1.807) is 41.3 Å². The molecule has 1 aliphatic heterocycles. The van der Waals surface area contributed by atoms with E-state index in [-0.39, 0.29) is 43.7 Å². The normalized spacial score (nSPS) is 12.8. The number of carbonyl (C=O) groups excluding carboxylic acids is 3. The lowest BCUT2D eigenvalue weighted by Gasteiger charge is -2.21. The van der Waals surface area contributed by atoms with E-state index in [9.17, 15) is 14.4 Å². The zero-order valence-electron chi connectivity index (χ0n) is 16.5. The molecule has 0 radical (unpaired) electrons. The van der Waals surface area contributed by atoms with Gasteiger partial charge in [0.05, 0.1) is 12.5 Å². The van der Waals surface area contributed by atoms with Crippen LogP contribution in [-0.4, -0.2) is 37.5 Å². The zero-order valence-corrected chi connectivity index (χ0v) is 16.5. The number of benzene rings is 2. The second kappa shape index (κ2) is 10.1. The lowest BCUT2D eigenvalue weighted by Crippen LogP contribution is -2.32. The van der Waals surface area contributed by atoms with Crippen molar-refractivity contribution in [1.29, 1.82) is 5.26 Å². The van der Waals surface area contributed by atoms with Crippen molar-refractivity contribution in [3.05, 3.63) is 54.6 Å². The number of carbonyl (C=O) groups is 3. The van der Waals surface area contributed by atoms with Crippen LogP contribution in [0.2, 0.25) is 0 Å². The van der Waals surface area contributed by atoms with Crippen LogP contribution < -0.4 is 20.4 Å². The van der Waals surface area contributed by atoms with E-state index in [4.69, 9.17) is 5.26 Å². The Morgan fingerprint density at radius 3 is 2.63 bits per heavy atom. The molecule has 1 heterocycles. The van der Waals surface area contributed by atoms with Crippen LogP contribution in [-0.2, 0) is 9.59 Å². The summed E-state index contributed by atoms with van der Waals surface area (Å²) in [6.07, 6.45) is 0.257. The Morgan fingerprint density at radius 2 is 1.93 bits per heavy atom. The largest absolute Gasteiger partial charge is 0.336 e. The number of nitrogens with one attached hydrogen (secondary N) is 2. The summed E-state index contributed by atoms with van der Waals surface area (Å²) in [6.45, 7) is 1.44. The van der Waals surface area contributed by atoms with E-state index in [0.29, 0.717) is 30.2 Å². The smallest absolute Gasteiger partial charge is 0.321 e. The molecule has 1 saturated heterocycles. The molecule has 2 N–H and O–H groups in total. The van der Waals surface area contributed by atoms with Crippen LogP contribution in [0, 0.1) is 11.3 Å². The standard InChI is InChI=1S/C22H23N5O3/c23-12-5-14-26(18-7-2-1-3-8-18)21(29)11-10-20(28)25-17-6-4-9-19(16-17)27-15-13-24-22(27)30/h1-4,6-9,16H,5,10-11,13-15H2,(H,24,30)(H,25,28). The fourth-order valence-corrected chi connectivity index (χ4v) is 3.22. The quantitative estimate of drug-likeness (QED) is 0.704. The van der Waals surface area contributed by atoms with E-state index in [1.165, 1.54) is 4.90 Å². The second-order valence-electron chi connectivity index (χ2n) is 6.77. The maximum absolute atomic E-state index is 12.7. The Bertz CT molecular complexity index is 955. The number of nitrogens with zero attached hydrogens (tertiary/aromatic N) is 3. The molecule has 30 heavy (non-hydrogen) atoms. The second-order valence-corrected chi connectivity index (χ2v) is 6.77. The summed E-state index contributed by atoms with van der Waals surface area (Å²) in [5, 5.41) is 14.4. The molecule has 0 spiro atoms. The van der Waals surface area contributed by atoms with E-state index in [1.807, 2.05) is 24.3 Å². The first kappa shape index (κ1) is 20.9. The minimum Gasteiger partial charge on any atom is -0.336 e. The van der Waals surface area contributed by atoms with Crippen molar-refractivity contribution in [2.24, 2.45) is 0 Å². The van der Waals surface area contributed by atoms with Crippen molar-refractivity contribution in [2.45, 2.75) is 19.3 Å². The van der Waals surface area contributed by atoms with Crippen LogP contribution >= 0.6 is 0 Å². The maximum Gasteiger partial charge on any atom is 0.321 e. The van der Waals surface area contributed by atoms with Crippen molar-refractivity contribution < 1.29 is 14.4 Å². The van der Waals surface area contributed by atoms with Crippen LogP contribution in [0.15, 0.2) is 54.6 Å². The Labute approximate surface area is 175 Å². The van der Waals surface area contributed by atoms with Gasteiger partial charge in [-0.1, -0.05) is 24.3 Å². The first-order valence-corrected chi connectivity index (χ1v) is 9.76. The first-order valence-electron chi connectivity index (χ1n) is 9.76. The third kappa shape index (κ3) is 5.35. The molecule has 0 aromatic heterocycles. The van der Waals surface area contributed by atoms with E-state index >= 15 is 0 Å². The predicted octanol–water partition coefficient (Wildman–Crippen LogP) is 2.88. The zero-order chi connectivity index (χ0) is 21.3. The molecule has 8 nitrogen and oxygen atoms in total. The van der Waals surface area contributed by atoms with E-state index in [0.717, 1.165) is 0 Å². The van der Waals surface area contributed by atoms with Gasteiger partial charge in [0.25, 0.3) is 0 Å². The fourth-order valence-electron chi connectivity index (χ4n) is 3.22. The molecule has 3 rings (SSSR count). The van der Waals surface area contributed by atoms with Gasteiger partial charge in [0.1, 0.15) is 0 Å². The van der Waals surface area contributed by atoms with Gasteiger partial charge < -0.3 is 15.5 Å². The molecule has 1 fully saturated rings. The number of hydrogen-bond acceptors (Lipinski definition) is 4. The summed E-state index contributed by atoms with van der Waals surface area (Å²) < 4.78 is 0. The van der Waals surface area contributed by atoms with Gasteiger partial charge in [-0.2, -0.15) is 5.26 Å². The Morgan fingerprint density at radius 1 is 1.13 bits per heavy atom. The van der Waals surface area contributed by atoms with Gasteiger partial charge in [0.2, 0.25) is 11.8 Å². The summed E-state index contributed by atoms with van der Waals surface area (Å²) in [4.78, 5) is 40.0. The van der Waals surface area contributed by atoms with Crippen LogP contribution in [0.5, 0.6) is 0 Å². The molecule has 2 aromatic rings. The minimum atomic E-state index is -0.292. The number of anilines is 3. The number of nitriles is 1. The van der Waals surface area contributed by atoms with Gasteiger partial charge in [0, 0.05) is 49.5 Å². The van der Waals surface area contributed by atoms with Gasteiger partial charge in [-0.3, -0.25) is 14.5 Å². The number of hydrogen-bond donors (Lipinski definition) is 2. The fraction of sp³-hybridized carbons (Fsp3) is 0.273. The Hall–Kier alpha value is -3.86. The van der Waals surface area contributed by atoms with Gasteiger partial charge in [0.15, 0.2) is 0 Å². The predicted molar refractivity (Wildman–Crippen MR) is 114 cm³/mol. The average Bonchev–Trinajstić information content (AvgIpc) is 3.19. The van der Waals surface area contributed by atoms with Gasteiger partial charge in [-0.15, -0.1) is 0 Å². The molecule has 0 bridgehead atoms. The van der Waals surface area contributed by atoms with Gasteiger partial charge in [-0.25, -0.2) is 4.79 Å². The highest BCUT2D eigenvalue weighted by Gasteiger charge is 2.21. The van der Waals surface area contributed by atoms with Gasteiger partial charge >= 0.3 is 6.03 Å². The molecule has 0 saturated carbocycles. The third-order valence-electron chi connectivity index (χ3n) is 4.68. The highest BCUT2D eigenvalue weighted by atomic mass is 16.2. The molecule has 0 atom stereocenters. The Balaban J connectivity index is 1.57. The topological polar surface area (TPSA) is 106 Å². The average molecular weight is 405 g/mol. The summed E-state index contributed by atoms with van der Waals surface area (Å²) in [6, 6.07) is 18.0. The lowest BCUT2D eigenvalue weighted by atomic mass is 10.2. The number of rotatable bonds is 8. The van der Waals surface area contributed by atoms with Crippen molar-refractivity contribution in [3.8, 4) is 6.07 Å². The van der Waals surface area contributed by atoms with E-state index < -0.39 is 0 Å². The molecule has 4 amide bonds. The van der Waals surface area contributed by atoms with Crippen LogP contribution in [0.4, 0.5) is 21.9 Å². The van der Waals surface area contributed by atoms with E-state index in [2.05, 4.69) is 10.6 Å². The molecular weight excluding hydrogens is 382 g/mol. The SMILES string of the molecule is N#CCCN(C(=O)CCC(=O)Nc1cccc(N2CCNC2=O)c1)c1ccccc1. The molecule has 2 aromatic carbocycles. The molecule has 0 unspecified atom stereocenters. The first-order chi connectivity index (χ1) is 14.6. The monoisotopic (exact) mass is 405 g/mol. The highest BCUT2D eigenvalue weighted by molar-refractivity contribution is 5.99. The molecule has 154 valence electrons. The van der Waals surface area contributed by atoms with Crippen molar-refractivity contribution >= 4 is 34.9 Å². The van der Waals surface area contributed by atoms with Crippen LogP contribution in [0.25, 0.3) is 0 Å². The summed E-state index contributed by atoms with van der Waals surface area (Å²) >= 11 is 0. The molecule has 0 aliphatic carbocycles. The van der Waals surface area contributed by atoms with Crippen molar-refractivity contribution in [3.63, 3.8) is 0 Å². The number of amides is 4. The minimum absolute atomic E-state index is 0.0170. The molecular formula is C22H23N5O3. The summed E-state index contributed by atoms with van der Waals surface area (Å²) in [5.74, 6) is -0.506. The summed E-state index contributed by atoms with van der Waals surface area (Å²) in [7, 11) is 0. The maximum atomic E-state index is 12.7. The van der Waals surface area contributed by atoms with Gasteiger partial charge in [-0.05, 0) is 30.3 Å². The number of para-hydroxylation sites is 1. The van der Waals surface area contributed by atoms with Crippen molar-refractivity contribution in [2.75, 3.05) is 34.8 Å². The van der Waals surface area contributed by atoms with Crippen LogP contribution in [0.3, 0.4) is 0 Å².